The number of carbonyl (C=O) groups excluding carboxylic acids is 2. The Morgan fingerprint density at radius 1 is 0.958 bits per heavy atom. The molecular weight excluding hydrogens is 330 g/mol. The number of hydrogen-bond donors (Lipinski definition) is 2. The van der Waals surface area contributed by atoms with Crippen LogP contribution < -0.4 is 10.6 Å². The molecule has 0 saturated carbocycles. The van der Waals surface area contributed by atoms with E-state index >= 15 is 0 Å². The van der Waals surface area contributed by atoms with Crippen molar-refractivity contribution in [3.63, 3.8) is 0 Å². The summed E-state index contributed by atoms with van der Waals surface area (Å²) in [5, 5.41) is 5.45. The van der Waals surface area contributed by atoms with Crippen molar-refractivity contribution in [2.45, 2.75) is 0 Å². The van der Waals surface area contributed by atoms with E-state index in [0.717, 1.165) is 0 Å². The molecule has 2 amide bonds. The molecule has 2 heterocycles. The van der Waals surface area contributed by atoms with E-state index < -0.39 is 5.91 Å². The van der Waals surface area contributed by atoms with Crippen LogP contribution in [0.5, 0.6) is 0 Å². The van der Waals surface area contributed by atoms with E-state index in [4.69, 9.17) is 16.0 Å². The van der Waals surface area contributed by atoms with Crippen LogP contribution in [-0.4, -0.2) is 16.8 Å². The fraction of sp³-hybridized carbons (Fsp3) is 0. The van der Waals surface area contributed by atoms with Gasteiger partial charge in [0.15, 0.2) is 11.0 Å². The van der Waals surface area contributed by atoms with Crippen molar-refractivity contribution in [2.24, 2.45) is 0 Å². The van der Waals surface area contributed by atoms with E-state index in [0.29, 0.717) is 17.1 Å². The number of carbonyl (C=O) groups is 2. The van der Waals surface area contributed by atoms with Gasteiger partial charge in [-0.15, -0.1) is 0 Å². The van der Waals surface area contributed by atoms with E-state index in [2.05, 4.69) is 15.6 Å². The first-order valence-electron chi connectivity index (χ1n) is 7.01. The Balaban J connectivity index is 1.72. The van der Waals surface area contributed by atoms with Crippen molar-refractivity contribution in [1.29, 1.82) is 0 Å². The first-order chi connectivity index (χ1) is 11.6. The Hall–Kier alpha value is -3.12. The fourth-order valence-electron chi connectivity index (χ4n) is 1.99. The van der Waals surface area contributed by atoms with Gasteiger partial charge in [0.1, 0.15) is 5.82 Å². The number of furan rings is 1. The average Bonchev–Trinajstić information content (AvgIpc) is 3.03. The van der Waals surface area contributed by atoms with Crippen LogP contribution in [0.1, 0.15) is 20.9 Å². The molecule has 0 atom stereocenters. The quantitative estimate of drug-likeness (QED) is 0.755. The van der Waals surface area contributed by atoms with Crippen LogP contribution in [0, 0.1) is 0 Å². The van der Waals surface area contributed by atoms with Gasteiger partial charge in [0.2, 0.25) is 0 Å². The summed E-state index contributed by atoms with van der Waals surface area (Å²) in [4.78, 5) is 28.3. The zero-order valence-electron chi connectivity index (χ0n) is 12.3. The molecule has 120 valence electrons. The van der Waals surface area contributed by atoms with E-state index in [-0.39, 0.29) is 16.9 Å². The number of nitrogens with one attached hydrogen (secondary N) is 2. The molecule has 0 unspecified atom stereocenters. The lowest BCUT2D eigenvalue weighted by Crippen LogP contribution is -2.14. The van der Waals surface area contributed by atoms with E-state index in [1.807, 2.05) is 0 Å². The van der Waals surface area contributed by atoms with Crippen LogP contribution >= 0.6 is 11.6 Å². The highest BCUT2D eigenvalue weighted by Gasteiger charge is 2.12. The third kappa shape index (κ3) is 3.80. The van der Waals surface area contributed by atoms with Gasteiger partial charge in [0.25, 0.3) is 11.8 Å². The van der Waals surface area contributed by atoms with Crippen LogP contribution in [0.4, 0.5) is 11.5 Å². The third-order valence-corrected chi connectivity index (χ3v) is 3.29. The summed E-state index contributed by atoms with van der Waals surface area (Å²) in [7, 11) is 0. The number of pyridine rings is 1. The van der Waals surface area contributed by atoms with Crippen molar-refractivity contribution in [3.05, 3.63) is 77.3 Å². The van der Waals surface area contributed by atoms with Crippen molar-refractivity contribution >= 4 is 34.9 Å². The molecule has 0 saturated heterocycles. The number of benzene rings is 1. The largest absolute Gasteiger partial charge is 0.440 e. The first-order valence-corrected chi connectivity index (χ1v) is 7.39. The van der Waals surface area contributed by atoms with Crippen molar-refractivity contribution in [3.8, 4) is 0 Å². The molecule has 0 fully saturated rings. The molecule has 0 spiro atoms. The summed E-state index contributed by atoms with van der Waals surface area (Å²) < 4.78 is 5.04. The molecule has 24 heavy (non-hydrogen) atoms. The standard InChI is InChI=1S/C17H12ClN3O3/c18-14-8-7-13(24-14)17(23)20-12-5-3-4-11(10-12)16(22)21-15-6-1-2-9-19-15/h1-10H,(H,20,23)(H,19,21,22). The topological polar surface area (TPSA) is 84.2 Å². The number of halogens is 1. The lowest BCUT2D eigenvalue weighted by atomic mass is 10.2. The van der Waals surface area contributed by atoms with Gasteiger partial charge in [-0.25, -0.2) is 4.98 Å². The summed E-state index contributed by atoms with van der Waals surface area (Å²) in [5.74, 6) is -0.250. The molecular formula is C17H12ClN3O3. The summed E-state index contributed by atoms with van der Waals surface area (Å²) in [5.41, 5.74) is 0.845. The minimum absolute atomic E-state index is 0.0864. The maximum Gasteiger partial charge on any atom is 0.291 e. The van der Waals surface area contributed by atoms with Gasteiger partial charge in [-0.3, -0.25) is 9.59 Å². The highest BCUT2D eigenvalue weighted by molar-refractivity contribution is 6.29. The Kier molecular flexibility index (Phi) is 4.58. The number of aromatic nitrogens is 1. The number of amides is 2. The zero-order chi connectivity index (χ0) is 16.9. The summed E-state index contributed by atoms with van der Waals surface area (Å²) in [6.45, 7) is 0. The Morgan fingerprint density at radius 3 is 2.54 bits per heavy atom. The monoisotopic (exact) mass is 341 g/mol. The van der Waals surface area contributed by atoms with Crippen molar-refractivity contribution in [1.82, 2.24) is 4.98 Å². The van der Waals surface area contributed by atoms with E-state index in [9.17, 15) is 9.59 Å². The maximum atomic E-state index is 12.2. The van der Waals surface area contributed by atoms with E-state index in [1.54, 1.807) is 48.7 Å². The zero-order valence-corrected chi connectivity index (χ0v) is 13.1. The van der Waals surface area contributed by atoms with Crippen LogP contribution in [-0.2, 0) is 0 Å². The Labute approximate surface area is 142 Å². The predicted molar refractivity (Wildman–Crippen MR) is 90.3 cm³/mol. The molecule has 0 bridgehead atoms. The minimum Gasteiger partial charge on any atom is -0.440 e. The lowest BCUT2D eigenvalue weighted by molar-refractivity contribution is 0.0993. The predicted octanol–water partition coefficient (Wildman–Crippen LogP) is 3.83. The van der Waals surface area contributed by atoms with Crippen molar-refractivity contribution in [2.75, 3.05) is 10.6 Å². The van der Waals surface area contributed by atoms with E-state index in [1.165, 1.54) is 12.1 Å². The second-order valence-electron chi connectivity index (χ2n) is 4.81. The summed E-state index contributed by atoms with van der Waals surface area (Å²) in [6.07, 6.45) is 1.58. The highest BCUT2D eigenvalue weighted by atomic mass is 35.5. The highest BCUT2D eigenvalue weighted by Crippen LogP contribution is 2.17. The van der Waals surface area contributed by atoms with Gasteiger partial charge >= 0.3 is 0 Å². The maximum absolute atomic E-state index is 12.2. The molecule has 2 N–H and O–H groups in total. The molecule has 6 nitrogen and oxygen atoms in total. The van der Waals surface area contributed by atoms with Crippen LogP contribution in [0.15, 0.2) is 65.2 Å². The molecule has 2 aromatic heterocycles. The lowest BCUT2D eigenvalue weighted by Gasteiger charge is -2.07. The molecule has 0 aliphatic rings. The minimum atomic E-state index is -0.454. The molecule has 0 aliphatic carbocycles. The van der Waals surface area contributed by atoms with Crippen LogP contribution in [0.2, 0.25) is 5.22 Å². The van der Waals surface area contributed by atoms with Gasteiger partial charge < -0.3 is 15.1 Å². The average molecular weight is 342 g/mol. The number of hydrogen-bond acceptors (Lipinski definition) is 4. The molecule has 3 aromatic rings. The molecule has 1 aromatic carbocycles. The molecule has 7 heteroatoms. The van der Waals surface area contributed by atoms with Gasteiger partial charge in [0.05, 0.1) is 0 Å². The Bertz CT molecular complexity index is 878. The smallest absolute Gasteiger partial charge is 0.291 e. The van der Waals surface area contributed by atoms with Gasteiger partial charge in [-0.05, 0) is 54.1 Å². The number of anilines is 2. The summed E-state index contributed by atoms with van der Waals surface area (Å²) in [6, 6.07) is 14.7. The van der Waals surface area contributed by atoms with Crippen molar-refractivity contribution < 1.29 is 14.0 Å². The second kappa shape index (κ2) is 6.97. The van der Waals surface area contributed by atoms with Crippen LogP contribution in [0.25, 0.3) is 0 Å². The first kappa shape index (κ1) is 15.8. The molecule has 0 aliphatic heterocycles. The molecule has 3 rings (SSSR count). The Morgan fingerprint density at radius 2 is 1.83 bits per heavy atom. The van der Waals surface area contributed by atoms with Gasteiger partial charge in [-0.1, -0.05) is 12.1 Å². The van der Waals surface area contributed by atoms with Gasteiger partial charge in [-0.2, -0.15) is 0 Å². The van der Waals surface area contributed by atoms with Crippen LogP contribution in [0.3, 0.4) is 0 Å². The fourth-order valence-corrected chi connectivity index (χ4v) is 2.14. The summed E-state index contributed by atoms with van der Waals surface area (Å²) >= 11 is 5.65. The second-order valence-corrected chi connectivity index (χ2v) is 5.18. The normalized spacial score (nSPS) is 10.2. The SMILES string of the molecule is O=C(Nc1ccccn1)c1cccc(NC(=O)c2ccc(Cl)o2)c1. The number of rotatable bonds is 4. The molecule has 0 radical (unpaired) electrons. The number of nitrogens with zero attached hydrogens (tertiary/aromatic N) is 1. The van der Waals surface area contributed by atoms with Gasteiger partial charge in [0, 0.05) is 17.4 Å². The third-order valence-electron chi connectivity index (χ3n) is 3.09.